The van der Waals surface area contributed by atoms with E-state index in [-0.39, 0.29) is 22.6 Å². The van der Waals surface area contributed by atoms with Crippen molar-refractivity contribution in [3.05, 3.63) is 59.7 Å². The molecule has 2 aromatic carbocycles. The highest BCUT2D eigenvalue weighted by molar-refractivity contribution is 8.00. The second-order valence-electron chi connectivity index (χ2n) is 7.75. The van der Waals surface area contributed by atoms with Crippen LogP contribution in [-0.4, -0.2) is 17.6 Å². The second kappa shape index (κ2) is 7.77. The minimum absolute atomic E-state index is 0.0167. The maximum Gasteiger partial charge on any atom is 0.238 e. The molecule has 142 valence electrons. The van der Waals surface area contributed by atoms with Crippen molar-refractivity contribution < 1.29 is 9.59 Å². The topological polar surface area (TPSA) is 49.4 Å². The van der Waals surface area contributed by atoms with E-state index < -0.39 is 0 Å². The largest absolute Gasteiger partial charge is 0.326 e. The van der Waals surface area contributed by atoms with Gasteiger partial charge in [-0.05, 0) is 40.8 Å². The fourth-order valence-electron chi connectivity index (χ4n) is 3.09. The van der Waals surface area contributed by atoms with E-state index in [1.165, 1.54) is 5.56 Å². The van der Waals surface area contributed by atoms with E-state index in [4.69, 9.17) is 0 Å². The number of amides is 2. The molecular weight excluding hydrogens is 356 g/mol. The molecule has 0 bridgehead atoms. The lowest BCUT2D eigenvalue weighted by molar-refractivity contribution is -0.116. The summed E-state index contributed by atoms with van der Waals surface area (Å²) in [6, 6.07) is 16.0. The minimum atomic E-state index is -0.0866. The zero-order valence-corrected chi connectivity index (χ0v) is 17.1. The molecule has 5 heteroatoms. The van der Waals surface area contributed by atoms with Crippen LogP contribution in [0.2, 0.25) is 0 Å². The average Bonchev–Trinajstić information content (AvgIpc) is 3.02. The van der Waals surface area contributed by atoms with Crippen molar-refractivity contribution in [1.29, 1.82) is 0 Å². The van der Waals surface area contributed by atoms with Crippen LogP contribution >= 0.6 is 11.8 Å². The molecular formula is C22H26N2O2S. The number of nitrogens with one attached hydrogen (secondary N) is 1. The molecule has 0 radical (unpaired) electrons. The van der Waals surface area contributed by atoms with Crippen molar-refractivity contribution >= 4 is 35.0 Å². The first-order valence-electron chi connectivity index (χ1n) is 9.23. The summed E-state index contributed by atoms with van der Waals surface area (Å²) >= 11 is 1.61. The van der Waals surface area contributed by atoms with Gasteiger partial charge in [-0.1, -0.05) is 52.0 Å². The van der Waals surface area contributed by atoms with Gasteiger partial charge in [0.1, 0.15) is 5.37 Å². The Hall–Kier alpha value is -2.27. The zero-order valence-electron chi connectivity index (χ0n) is 16.3. The predicted octanol–water partition coefficient (Wildman–Crippen LogP) is 5.11. The Morgan fingerprint density at radius 1 is 1.19 bits per heavy atom. The molecule has 0 aliphatic carbocycles. The van der Waals surface area contributed by atoms with Crippen LogP contribution in [0, 0.1) is 0 Å². The Labute approximate surface area is 165 Å². The first-order chi connectivity index (χ1) is 12.8. The third-order valence-electron chi connectivity index (χ3n) is 4.66. The van der Waals surface area contributed by atoms with E-state index in [0.29, 0.717) is 12.2 Å². The fraction of sp³-hybridized carbons (Fsp3) is 0.364. The molecule has 1 aliphatic heterocycles. The molecule has 0 spiro atoms. The Kier molecular flexibility index (Phi) is 5.61. The lowest BCUT2D eigenvalue weighted by Gasteiger charge is -2.26. The van der Waals surface area contributed by atoms with Gasteiger partial charge in [-0.25, -0.2) is 0 Å². The number of thioether (sulfide) groups is 1. The highest BCUT2D eigenvalue weighted by Crippen LogP contribution is 2.42. The van der Waals surface area contributed by atoms with E-state index in [1.807, 2.05) is 48.2 Å². The number of hydrogen-bond donors (Lipinski definition) is 1. The van der Waals surface area contributed by atoms with Crippen LogP contribution < -0.4 is 10.2 Å². The molecule has 1 N–H and O–H groups in total. The van der Waals surface area contributed by atoms with Gasteiger partial charge < -0.3 is 5.32 Å². The molecule has 2 aromatic rings. The molecule has 1 heterocycles. The van der Waals surface area contributed by atoms with Crippen molar-refractivity contribution in [3.8, 4) is 0 Å². The summed E-state index contributed by atoms with van der Waals surface area (Å²) in [6.45, 7) is 8.36. The molecule has 1 saturated heterocycles. The van der Waals surface area contributed by atoms with Crippen molar-refractivity contribution in [2.75, 3.05) is 16.0 Å². The summed E-state index contributed by atoms with van der Waals surface area (Å²) in [7, 11) is 0. The van der Waals surface area contributed by atoms with Crippen molar-refractivity contribution in [1.82, 2.24) is 0 Å². The smallest absolute Gasteiger partial charge is 0.238 e. The van der Waals surface area contributed by atoms with Gasteiger partial charge in [0, 0.05) is 17.8 Å². The number of anilines is 2. The van der Waals surface area contributed by atoms with Crippen LogP contribution in [0.5, 0.6) is 0 Å². The van der Waals surface area contributed by atoms with Crippen molar-refractivity contribution in [3.63, 3.8) is 0 Å². The quantitative estimate of drug-likeness (QED) is 0.799. The van der Waals surface area contributed by atoms with Crippen molar-refractivity contribution in [2.45, 2.75) is 44.9 Å². The minimum Gasteiger partial charge on any atom is -0.326 e. The molecule has 1 aliphatic rings. The summed E-state index contributed by atoms with van der Waals surface area (Å²) < 4.78 is 0. The second-order valence-corrected chi connectivity index (χ2v) is 8.82. The molecule has 27 heavy (non-hydrogen) atoms. The maximum atomic E-state index is 12.6. The van der Waals surface area contributed by atoms with Crippen LogP contribution in [0.4, 0.5) is 11.4 Å². The van der Waals surface area contributed by atoms with Gasteiger partial charge in [-0.15, -0.1) is 11.8 Å². The Morgan fingerprint density at radius 3 is 2.52 bits per heavy atom. The van der Waals surface area contributed by atoms with Gasteiger partial charge in [-0.3, -0.25) is 14.5 Å². The number of carbonyl (C=O) groups is 2. The highest BCUT2D eigenvalue weighted by atomic mass is 32.2. The molecule has 0 unspecified atom stereocenters. The Balaban J connectivity index is 1.89. The third kappa shape index (κ3) is 4.35. The lowest BCUT2D eigenvalue weighted by atomic mass is 9.87. The van der Waals surface area contributed by atoms with Gasteiger partial charge in [0.25, 0.3) is 0 Å². The van der Waals surface area contributed by atoms with E-state index in [2.05, 4.69) is 38.2 Å². The number of benzene rings is 2. The monoisotopic (exact) mass is 382 g/mol. The van der Waals surface area contributed by atoms with Crippen LogP contribution in [0.3, 0.4) is 0 Å². The molecule has 0 aromatic heterocycles. The normalized spacial score (nSPS) is 17.3. The average molecular weight is 383 g/mol. The third-order valence-corrected chi connectivity index (χ3v) is 5.87. The molecule has 2 amide bonds. The lowest BCUT2D eigenvalue weighted by Crippen LogP contribution is -2.28. The summed E-state index contributed by atoms with van der Waals surface area (Å²) in [5.41, 5.74) is 4.01. The summed E-state index contributed by atoms with van der Waals surface area (Å²) in [4.78, 5) is 26.1. The first-order valence-corrected chi connectivity index (χ1v) is 10.3. The Bertz CT molecular complexity index is 840. The van der Waals surface area contributed by atoms with E-state index in [1.54, 1.807) is 11.8 Å². The van der Waals surface area contributed by atoms with Crippen LogP contribution in [0.25, 0.3) is 0 Å². The maximum absolute atomic E-state index is 12.6. The van der Waals surface area contributed by atoms with Gasteiger partial charge in [0.15, 0.2) is 0 Å². The van der Waals surface area contributed by atoms with Gasteiger partial charge in [0.05, 0.1) is 5.75 Å². The van der Waals surface area contributed by atoms with Crippen LogP contribution in [-0.2, 0) is 15.0 Å². The van der Waals surface area contributed by atoms with Crippen LogP contribution in [0.1, 0.15) is 50.6 Å². The summed E-state index contributed by atoms with van der Waals surface area (Å²) in [5, 5.41) is 2.81. The summed E-state index contributed by atoms with van der Waals surface area (Å²) in [6.07, 6.45) is 0.438. The summed E-state index contributed by atoms with van der Waals surface area (Å²) in [5.74, 6) is 0.547. The standard InChI is InChI=1S/C22H26N2O2S/c1-5-19(25)23-17-8-6-7-15(13-17)21-24(20(26)14-27-21)18-11-9-16(10-12-18)22(2,3)4/h6-13,21H,5,14H2,1-4H3,(H,23,25)/t21-/m1/s1. The highest BCUT2D eigenvalue weighted by Gasteiger charge is 2.34. The number of carbonyl (C=O) groups excluding carboxylic acids is 2. The van der Waals surface area contributed by atoms with Gasteiger partial charge >= 0.3 is 0 Å². The molecule has 3 rings (SSSR count). The molecule has 1 fully saturated rings. The van der Waals surface area contributed by atoms with Gasteiger partial charge in [0.2, 0.25) is 11.8 Å². The zero-order chi connectivity index (χ0) is 19.6. The number of rotatable bonds is 4. The number of nitrogens with zero attached hydrogens (tertiary/aromatic N) is 1. The predicted molar refractivity (Wildman–Crippen MR) is 113 cm³/mol. The van der Waals surface area contributed by atoms with Crippen LogP contribution in [0.15, 0.2) is 48.5 Å². The molecule has 0 saturated carbocycles. The van der Waals surface area contributed by atoms with Crippen molar-refractivity contribution in [2.24, 2.45) is 0 Å². The van der Waals surface area contributed by atoms with E-state index >= 15 is 0 Å². The van der Waals surface area contributed by atoms with E-state index in [0.717, 1.165) is 16.9 Å². The fourth-order valence-corrected chi connectivity index (χ4v) is 4.26. The first kappa shape index (κ1) is 19.5. The number of hydrogen-bond acceptors (Lipinski definition) is 3. The Morgan fingerprint density at radius 2 is 1.89 bits per heavy atom. The van der Waals surface area contributed by atoms with Gasteiger partial charge in [-0.2, -0.15) is 0 Å². The molecule has 4 nitrogen and oxygen atoms in total. The van der Waals surface area contributed by atoms with E-state index in [9.17, 15) is 9.59 Å². The molecule has 1 atom stereocenters. The SMILES string of the molecule is CCC(=O)Nc1cccc([C@H]2SCC(=O)N2c2ccc(C(C)(C)C)cc2)c1.